The second kappa shape index (κ2) is 10.4. The number of benzene rings is 2. The minimum absolute atomic E-state index is 0.0588. The molecule has 0 unspecified atom stereocenters. The molecule has 0 spiro atoms. The van der Waals surface area contributed by atoms with Crippen molar-refractivity contribution < 1.29 is 24.2 Å². The number of rotatable bonds is 8. The van der Waals surface area contributed by atoms with Crippen LogP contribution in [0.1, 0.15) is 27.4 Å². The number of aromatic nitrogens is 1. The third-order valence-electron chi connectivity index (χ3n) is 5.75. The molecule has 2 aromatic carbocycles. The summed E-state index contributed by atoms with van der Waals surface area (Å²) >= 11 is 0. The van der Waals surface area contributed by atoms with E-state index in [0.29, 0.717) is 0 Å². The number of pyridine rings is 1. The number of anilines is 1. The van der Waals surface area contributed by atoms with E-state index in [4.69, 9.17) is 9.84 Å². The number of fused-ring (bicyclic) bond motifs is 3. The van der Waals surface area contributed by atoms with Gasteiger partial charge in [-0.25, -0.2) is 9.59 Å². The molecule has 0 radical (unpaired) electrons. The van der Waals surface area contributed by atoms with Gasteiger partial charge in [0, 0.05) is 18.7 Å². The molecular formula is C26H26N4O5. The Morgan fingerprint density at radius 1 is 1.03 bits per heavy atom. The molecule has 1 aliphatic carbocycles. The van der Waals surface area contributed by atoms with Crippen molar-refractivity contribution in [2.45, 2.75) is 12.0 Å². The lowest BCUT2D eigenvalue weighted by Gasteiger charge is -2.22. The molecule has 35 heavy (non-hydrogen) atoms. The number of ether oxygens (including phenoxy) is 1. The molecule has 4 rings (SSSR count). The predicted octanol–water partition coefficient (Wildman–Crippen LogP) is 3.19. The number of hydrogen-bond acceptors (Lipinski definition) is 6. The van der Waals surface area contributed by atoms with Gasteiger partial charge in [0.1, 0.15) is 12.6 Å². The summed E-state index contributed by atoms with van der Waals surface area (Å²) < 4.78 is 5.56. The van der Waals surface area contributed by atoms with E-state index in [1.54, 1.807) is 19.0 Å². The molecule has 3 aromatic rings. The molecule has 0 bridgehead atoms. The number of nitrogens with zero attached hydrogens (tertiary/aromatic N) is 2. The molecule has 180 valence electrons. The van der Waals surface area contributed by atoms with Crippen LogP contribution in [0.25, 0.3) is 11.1 Å². The highest BCUT2D eigenvalue weighted by Gasteiger charge is 2.30. The summed E-state index contributed by atoms with van der Waals surface area (Å²) in [5.74, 6) is -1.77. The quantitative estimate of drug-likeness (QED) is 0.458. The number of nitrogens with one attached hydrogen (secondary N) is 2. The molecule has 1 aromatic heterocycles. The van der Waals surface area contributed by atoms with Gasteiger partial charge in [-0.05, 0) is 42.4 Å². The van der Waals surface area contributed by atoms with Crippen molar-refractivity contribution in [1.82, 2.24) is 15.2 Å². The van der Waals surface area contributed by atoms with Crippen molar-refractivity contribution in [3.8, 4) is 11.1 Å². The van der Waals surface area contributed by atoms with E-state index in [0.717, 1.165) is 22.3 Å². The molecular weight excluding hydrogens is 448 g/mol. The van der Waals surface area contributed by atoms with Gasteiger partial charge in [0.15, 0.2) is 0 Å². The summed E-state index contributed by atoms with van der Waals surface area (Å²) in [6, 6.07) is 16.4. The van der Waals surface area contributed by atoms with Crippen LogP contribution >= 0.6 is 0 Å². The Morgan fingerprint density at radius 2 is 1.66 bits per heavy atom. The van der Waals surface area contributed by atoms with Gasteiger partial charge in [0.2, 0.25) is 5.91 Å². The minimum Gasteiger partial charge on any atom is -0.478 e. The van der Waals surface area contributed by atoms with Crippen LogP contribution in [0.4, 0.5) is 10.5 Å². The lowest BCUT2D eigenvalue weighted by atomic mass is 9.98. The van der Waals surface area contributed by atoms with E-state index < -0.39 is 24.0 Å². The Bertz CT molecular complexity index is 1210. The van der Waals surface area contributed by atoms with E-state index >= 15 is 0 Å². The number of carboxylic acids is 1. The Kier molecular flexibility index (Phi) is 7.07. The second-order valence-corrected chi connectivity index (χ2v) is 8.54. The summed E-state index contributed by atoms with van der Waals surface area (Å²) in [6.07, 6.45) is 1.81. The molecule has 0 saturated carbocycles. The molecule has 1 atom stereocenters. The van der Waals surface area contributed by atoms with Crippen molar-refractivity contribution >= 4 is 23.7 Å². The lowest BCUT2D eigenvalue weighted by Crippen LogP contribution is -2.49. The zero-order valence-corrected chi connectivity index (χ0v) is 19.4. The number of hydrogen-bond donors (Lipinski definition) is 3. The number of carbonyl (C=O) groups is 3. The summed E-state index contributed by atoms with van der Waals surface area (Å²) in [6.45, 7) is 0.336. The highest BCUT2D eigenvalue weighted by atomic mass is 16.5. The molecule has 0 fully saturated rings. The number of carbonyl (C=O) groups excluding carboxylic acids is 2. The van der Waals surface area contributed by atoms with Crippen molar-refractivity contribution in [2.75, 3.05) is 32.6 Å². The second-order valence-electron chi connectivity index (χ2n) is 8.54. The van der Waals surface area contributed by atoms with Crippen molar-refractivity contribution in [1.29, 1.82) is 0 Å². The van der Waals surface area contributed by atoms with Crippen LogP contribution < -0.4 is 10.6 Å². The van der Waals surface area contributed by atoms with Crippen molar-refractivity contribution in [2.24, 2.45) is 0 Å². The van der Waals surface area contributed by atoms with E-state index in [9.17, 15) is 14.4 Å². The summed E-state index contributed by atoms with van der Waals surface area (Å²) in [5, 5.41) is 14.4. The van der Waals surface area contributed by atoms with Crippen LogP contribution in [-0.2, 0) is 9.53 Å². The molecule has 0 saturated heterocycles. The molecule has 3 N–H and O–H groups in total. The fraction of sp³-hybridized carbons (Fsp3) is 0.231. The fourth-order valence-corrected chi connectivity index (χ4v) is 4.20. The van der Waals surface area contributed by atoms with E-state index in [1.807, 2.05) is 36.4 Å². The van der Waals surface area contributed by atoms with E-state index in [1.165, 1.54) is 18.5 Å². The maximum atomic E-state index is 12.9. The van der Waals surface area contributed by atoms with Crippen LogP contribution in [0.3, 0.4) is 0 Å². The number of amides is 2. The number of carboxylic acid groups (broad SMARTS) is 1. The first-order chi connectivity index (χ1) is 16.8. The predicted molar refractivity (Wildman–Crippen MR) is 130 cm³/mol. The van der Waals surface area contributed by atoms with Gasteiger partial charge < -0.3 is 25.4 Å². The highest BCUT2D eigenvalue weighted by molar-refractivity contribution is 5.97. The maximum absolute atomic E-state index is 12.9. The minimum atomic E-state index is -1.16. The standard InChI is InChI=1S/C26H26N4O5/c1-30(2)14-23(24(31)28-17-11-16(25(32)33)12-27-13-17)29-26(34)35-15-22-20-9-5-3-7-18(20)19-8-4-6-10-21(19)22/h3-13,22-23H,14-15H2,1-2H3,(H,28,31)(H,29,34)(H,32,33)/t23-/m0/s1. The Hall–Kier alpha value is -4.24. The van der Waals surface area contributed by atoms with Crippen molar-refractivity contribution in [3.63, 3.8) is 0 Å². The normalized spacial score (nSPS) is 13.0. The van der Waals surface area contributed by atoms with Gasteiger partial charge in [0.25, 0.3) is 0 Å². The molecule has 1 aliphatic rings. The Morgan fingerprint density at radius 3 is 2.26 bits per heavy atom. The summed E-state index contributed by atoms with van der Waals surface area (Å²) in [4.78, 5) is 42.3. The summed E-state index contributed by atoms with van der Waals surface area (Å²) in [5.41, 5.74) is 4.59. The Labute approximate surface area is 202 Å². The zero-order chi connectivity index (χ0) is 24.9. The first-order valence-electron chi connectivity index (χ1n) is 11.1. The molecule has 9 heteroatoms. The van der Waals surface area contributed by atoms with Gasteiger partial charge in [-0.15, -0.1) is 0 Å². The molecule has 9 nitrogen and oxygen atoms in total. The van der Waals surface area contributed by atoms with Crippen LogP contribution in [-0.4, -0.2) is 66.2 Å². The lowest BCUT2D eigenvalue weighted by molar-refractivity contribution is -0.118. The third-order valence-corrected chi connectivity index (χ3v) is 5.75. The average Bonchev–Trinajstić information content (AvgIpc) is 3.16. The summed E-state index contributed by atoms with van der Waals surface area (Å²) in [7, 11) is 3.54. The van der Waals surface area contributed by atoms with Gasteiger partial charge >= 0.3 is 12.1 Å². The number of alkyl carbamates (subject to hydrolysis) is 1. The fourth-order valence-electron chi connectivity index (χ4n) is 4.20. The molecule has 1 heterocycles. The smallest absolute Gasteiger partial charge is 0.407 e. The largest absolute Gasteiger partial charge is 0.478 e. The van der Waals surface area contributed by atoms with Crippen LogP contribution in [0.15, 0.2) is 67.0 Å². The monoisotopic (exact) mass is 474 g/mol. The van der Waals surface area contributed by atoms with Crippen LogP contribution in [0.5, 0.6) is 0 Å². The zero-order valence-electron chi connectivity index (χ0n) is 19.4. The first kappa shape index (κ1) is 23.9. The maximum Gasteiger partial charge on any atom is 0.407 e. The van der Waals surface area contributed by atoms with Gasteiger partial charge in [-0.2, -0.15) is 0 Å². The number of aromatic carboxylic acids is 1. The molecule has 0 aliphatic heterocycles. The van der Waals surface area contributed by atoms with E-state index in [-0.39, 0.29) is 30.3 Å². The van der Waals surface area contributed by atoms with E-state index in [2.05, 4.69) is 27.8 Å². The SMILES string of the molecule is CN(C)C[C@H](NC(=O)OCC1c2ccccc2-c2ccccc21)C(=O)Nc1cncc(C(=O)O)c1. The first-order valence-corrected chi connectivity index (χ1v) is 11.1. The van der Waals surface area contributed by atoms with Gasteiger partial charge in [0.05, 0.1) is 17.4 Å². The van der Waals surface area contributed by atoms with Crippen LogP contribution in [0, 0.1) is 0 Å². The van der Waals surface area contributed by atoms with Crippen LogP contribution in [0.2, 0.25) is 0 Å². The topological polar surface area (TPSA) is 121 Å². The average molecular weight is 475 g/mol. The van der Waals surface area contributed by atoms with Gasteiger partial charge in [-0.1, -0.05) is 48.5 Å². The number of likely N-dealkylation sites (N-methyl/N-ethyl adjacent to an activating group) is 1. The Balaban J connectivity index is 1.42. The third kappa shape index (κ3) is 5.47. The van der Waals surface area contributed by atoms with Gasteiger partial charge in [-0.3, -0.25) is 9.78 Å². The highest BCUT2D eigenvalue weighted by Crippen LogP contribution is 2.44. The molecule has 2 amide bonds. The van der Waals surface area contributed by atoms with Crippen molar-refractivity contribution in [3.05, 3.63) is 83.7 Å².